The predicted octanol–water partition coefficient (Wildman–Crippen LogP) is 3.33. The normalized spacial score (nSPS) is 12.0. The second-order valence-electron chi connectivity index (χ2n) is 5.25. The highest BCUT2D eigenvalue weighted by atomic mass is 16.1. The first-order valence-electron chi connectivity index (χ1n) is 7.30. The van der Waals surface area contributed by atoms with Crippen molar-refractivity contribution in [2.75, 3.05) is 0 Å². The van der Waals surface area contributed by atoms with Gasteiger partial charge >= 0.3 is 0 Å². The summed E-state index contributed by atoms with van der Waals surface area (Å²) in [4.78, 5) is 12.3. The number of amides is 1. The van der Waals surface area contributed by atoms with Crippen molar-refractivity contribution in [3.8, 4) is 0 Å². The number of carbonyl (C=O) groups excluding carboxylic acids is 1. The topological polar surface area (TPSA) is 55.1 Å². The number of carbonyl (C=O) groups is 1. The van der Waals surface area contributed by atoms with Gasteiger partial charge in [-0.05, 0) is 36.6 Å². The number of hydrogen-bond donors (Lipinski definition) is 2. The molecule has 2 aromatic rings. The van der Waals surface area contributed by atoms with E-state index in [4.69, 9.17) is 5.73 Å². The highest BCUT2D eigenvalue weighted by molar-refractivity contribution is 5.94. The minimum atomic E-state index is -0.0500. The van der Waals surface area contributed by atoms with Gasteiger partial charge in [-0.25, -0.2) is 0 Å². The molecule has 1 atom stereocenters. The Balaban J connectivity index is 2.10. The van der Waals surface area contributed by atoms with E-state index in [1.807, 2.05) is 24.3 Å². The SMILES string of the molecule is CCC(NC(=O)c1ccc(CN)cc1)c1ccc(C)cc1. The minimum absolute atomic E-state index is 0.0345. The highest BCUT2D eigenvalue weighted by Crippen LogP contribution is 2.18. The second-order valence-corrected chi connectivity index (χ2v) is 5.25. The van der Waals surface area contributed by atoms with Crippen molar-refractivity contribution in [1.82, 2.24) is 5.32 Å². The molecule has 2 aromatic carbocycles. The zero-order chi connectivity index (χ0) is 15.2. The van der Waals surface area contributed by atoms with Crippen LogP contribution >= 0.6 is 0 Å². The average Bonchev–Trinajstić information content (AvgIpc) is 2.53. The Labute approximate surface area is 126 Å². The summed E-state index contributed by atoms with van der Waals surface area (Å²) in [5, 5.41) is 3.09. The maximum atomic E-state index is 12.3. The molecule has 0 spiro atoms. The summed E-state index contributed by atoms with van der Waals surface area (Å²) >= 11 is 0. The quantitative estimate of drug-likeness (QED) is 0.883. The van der Waals surface area contributed by atoms with Crippen molar-refractivity contribution in [3.63, 3.8) is 0 Å². The fourth-order valence-electron chi connectivity index (χ4n) is 2.25. The summed E-state index contributed by atoms with van der Waals surface area (Å²) in [6.07, 6.45) is 0.857. The molecule has 110 valence electrons. The molecule has 0 aromatic heterocycles. The van der Waals surface area contributed by atoms with Crippen LogP contribution in [0.3, 0.4) is 0 Å². The van der Waals surface area contributed by atoms with Crippen LogP contribution in [0.5, 0.6) is 0 Å². The maximum Gasteiger partial charge on any atom is 0.251 e. The van der Waals surface area contributed by atoms with Crippen molar-refractivity contribution in [1.29, 1.82) is 0 Å². The Bertz CT molecular complexity index is 588. The standard InChI is InChI=1S/C18H22N2O/c1-3-17(15-8-4-13(2)5-9-15)20-18(21)16-10-6-14(12-19)7-11-16/h4-11,17H,3,12,19H2,1-2H3,(H,20,21). The lowest BCUT2D eigenvalue weighted by Gasteiger charge is -2.18. The van der Waals surface area contributed by atoms with Crippen LogP contribution in [0.2, 0.25) is 0 Å². The molecular weight excluding hydrogens is 260 g/mol. The van der Waals surface area contributed by atoms with Crippen LogP contribution in [0.25, 0.3) is 0 Å². The van der Waals surface area contributed by atoms with E-state index in [0.29, 0.717) is 12.1 Å². The van der Waals surface area contributed by atoms with E-state index in [2.05, 4.69) is 43.4 Å². The molecular formula is C18H22N2O. The van der Waals surface area contributed by atoms with Gasteiger partial charge in [-0.2, -0.15) is 0 Å². The van der Waals surface area contributed by atoms with E-state index in [1.165, 1.54) is 5.56 Å². The molecule has 0 fully saturated rings. The van der Waals surface area contributed by atoms with Crippen LogP contribution < -0.4 is 11.1 Å². The Hall–Kier alpha value is -2.13. The molecule has 3 nitrogen and oxygen atoms in total. The Morgan fingerprint density at radius 2 is 1.71 bits per heavy atom. The molecule has 3 heteroatoms. The van der Waals surface area contributed by atoms with Crippen molar-refractivity contribution in [3.05, 3.63) is 70.8 Å². The first kappa shape index (κ1) is 15.3. The van der Waals surface area contributed by atoms with Gasteiger partial charge in [0.15, 0.2) is 0 Å². The van der Waals surface area contributed by atoms with Gasteiger partial charge in [-0.1, -0.05) is 48.9 Å². The summed E-state index contributed by atoms with van der Waals surface area (Å²) < 4.78 is 0. The lowest BCUT2D eigenvalue weighted by Crippen LogP contribution is -2.28. The summed E-state index contributed by atoms with van der Waals surface area (Å²) in [5.74, 6) is -0.0500. The Morgan fingerprint density at radius 3 is 2.24 bits per heavy atom. The molecule has 3 N–H and O–H groups in total. The molecule has 0 heterocycles. The summed E-state index contributed by atoms with van der Waals surface area (Å²) in [6, 6.07) is 15.7. The number of benzene rings is 2. The van der Waals surface area contributed by atoms with Gasteiger partial charge < -0.3 is 11.1 Å². The van der Waals surface area contributed by atoms with Gasteiger partial charge in [0.05, 0.1) is 6.04 Å². The molecule has 0 saturated carbocycles. The first-order chi connectivity index (χ1) is 10.1. The fourth-order valence-corrected chi connectivity index (χ4v) is 2.25. The first-order valence-corrected chi connectivity index (χ1v) is 7.30. The van der Waals surface area contributed by atoms with E-state index in [-0.39, 0.29) is 11.9 Å². The van der Waals surface area contributed by atoms with Crippen LogP contribution in [0.1, 0.15) is 46.4 Å². The smallest absolute Gasteiger partial charge is 0.251 e. The zero-order valence-corrected chi connectivity index (χ0v) is 12.6. The van der Waals surface area contributed by atoms with Gasteiger partial charge in [-0.15, -0.1) is 0 Å². The molecule has 0 aliphatic heterocycles. The Kier molecular flexibility index (Phi) is 5.12. The summed E-state index contributed by atoms with van der Waals surface area (Å²) in [6.45, 7) is 4.62. The maximum absolute atomic E-state index is 12.3. The molecule has 0 saturated heterocycles. The zero-order valence-electron chi connectivity index (χ0n) is 12.6. The van der Waals surface area contributed by atoms with Gasteiger partial charge in [0, 0.05) is 12.1 Å². The molecule has 1 unspecified atom stereocenters. The Morgan fingerprint density at radius 1 is 1.10 bits per heavy atom. The number of aryl methyl sites for hydroxylation is 1. The van der Waals surface area contributed by atoms with Crippen LogP contribution in [-0.4, -0.2) is 5.91 Å². The summed E-state index contributed by atoms with van der Waals surface area (Å²) in [5.41, 5.74) is 9.61. The molecule has 0 bridgehead atoms. The number of nitrogens with two attached hydrogens (primary N) is 1. The third-order valence-electron chi connectivity index (χ3n) is 3.65. The second kappa shape index (κ2) is 7.04. The largest absolute Gasteiger partial charge is 0.345 e. The lowest BCUT2D eigenvalue weighted by molar-refractivity contribution is 0.0935. The average molecular weight is 282 g/mol. The van der Waals surface area contributed by atoms with Crippen molar-refractivity contribution in [2.24, 2.45) is 5.73 Å². The number of nitrogens with one attached hydrogen (secondary N) is 1. The molecule has 0 aliphatic carbocycles. The van der Waals surface area contributed by atoms with E-state index in [1.54, 1.807) is 0 Å². The number of hydrogen-bond acceptors (Lipinski definition) is 2. The van der Waals surface area contributed by atoms with E-state index in [0.717, 1.165) is 17.5 Å². The predicted molar refractivity (Wildman–Crippen MR) is 86.0 cm³/mol. The van der Waals surface area contributed by atoms with Crippen LogP contribution in [0.15, 0.2) is 48.5 Å². The molecule has 2 rings (SSSR count). The molecule has 0 aliphatic rings. The van der Waals surface area contributed by atoms with Crippen LogP contribution in [0.4, 0.5) is 0 Å². The van der Waals surface area contributed by atoms with Crippen molar-refractivity contribution >= 4 is 5.91 Å². The highest BCUT2D eigenvalue weighted by Gasteiger charge is 2.13. The van der Waals surface area contributed by atoms with Crippen LogP contribution in [-0.2, 0) is 6.54 Å². The van der Waals surface area contributed by atoms with Crippen molar-refractivity contribution < 1.29 is 4.79 Å². The third-order valence-corrected chi connectivity index (χ3v) is 3.65. The van der Waals surface area contributed by atoms with Gasteiger partial charge in [0.25, 0.3) is 5.91 Å². The fraction of sp³-hybridized carbons (Fsp3) is 0.278. The van der Waals surface area contributed by atoms with Gasteiger partial charge in [-0.3, -0.25) is 4.79 Å². The van der Waals surface area contributed by atoms with E-state index < -0.39 is 0 Å². The van der Waals surface area contributed by atoms with Crippen molar-refractivity contribution in [2.45, 2.75) is 32.9 Å². The molecule has 21 heavy (non-hydrogen) atoms. The lowest BCUT2D eigenvalue weighted by atomic mass is 10.0. The molecule has 0 radical (unpaired) electrons. The minimum Gasteiger partial charge on any atom is -0.345 e. The van der Waals surface area contributed by atoms with Gasteiger partial charge in [0.1, 0.15) is 0 Å². The van der Waals surface area contributed by atoms with E-state index >= 15 is 0 Å². The molecule has 1 amide bonds. The summed E-state index contributed by atoms with van der Waals surface area (Å²) in [7, 11) is 0. The monoisotopic (exact) mass is 282 g/mol. The van der Waals surface area contributed by atoms with E-state index in [9.17, 15) is 4.79 Å². The van der Waals surface area contributed by atoms with Gasteiger partial charge in [0.2, 0.25) is 0 Å². The third kappa shape index (κ3) is 3.92. The number of rotatable bonds is 5. The van der Waals surface area contributed by atoms with Crippen LogP contribution in [0, 0.1) is 6.92 Å².